The van der Waals surface area contributed by atoms with E-state index in [1.807, 2.05) is 13.8 Å². The van der Waals surface area contributed by atoms with Crippen LogP contribution in [0.15, 0.2) is 11.2 Å². The number of hydrogen-bond acceptors (Lipinski definition) is 3. The smallest absolute Gasteiger partial charge is 0.309 e. The summed E-state index contributed by atoms with van der Waals surface area (Å²) in [7, 11) is 0. The summed E-state index contributed by atoms with van der Waals surface area (Å²) in [5.74, 6) is -1.36. The molecule has 0 aromatic carbocycles. The highest BCUT2D eigenvalue weighted by Gasteiger charge is 2.58. The molecule has 0 unspecified atom stereocenters. The van der Waals surface area contributed by atoms with Gasteiger partial charge in [0.2, 0.25) is 0 Å². The number of carbonyl (C=O) groups is 2. The Morgan fingerprint density at radius 3 is 2.44 bits per heavy atom. The van der Waals surface area contributed by atoms with Crippen molar-refractivity contribution in [3.05, 3.63) is 16.4 Å². The van der Waals surface area contributed by atoms with Crippen LogP contribution in [-0.4, -0.2) is 20.9 Å². The number of hydrogen-bond donors (Lipinski definition) is 1. The number of nitrogens with zero attached hydrogens (tertiary/aromatic N) is 2. The lowest BCUT2D eigenvalue weighted by Crippen LogP contribution is -2.42. The maximum absolute atomic E-state index is 13.1. The maximum atomic E-state index is 13.1. The van der Waals surface area contributed by atoms with E-state index in [1.165, 1.54) is 11.5 Å². The fourth-order valence-electron chi connectivity index (χ4n) is 3.83. The monoisotopic (exact) mass is 394 g/mol. The molecule has 0 spiro atoms. The van der Waals surface area contributed by atoms with Crippen molar-refractivity contribution in [2.45, 2.75) is 86.1 Å². The quantitative estimate of drug-likeness (QED) is 0.793. The predicted octanol–water partition coefficient (Wildman–Crippen LogP) is 4.60. The molecule has 1 aliphatic carbocycles. The molecule has 152 valence electrons. The van der Waals surface area contributed by atoms with Crippen molar-refractivity contribution in [1.29, 1.82) is 0 Å². The number of amides is 1. The van der Waals surface area contributed by atoms with Crippen LogP contribution in [0.2, 0.25) is 0 Å². The standard InChI is InChI=1S/C21H34N2O3S/c1-8-9-10-14-13-23(19(2,3)4)27-17(14)22-16(24)15-11-12-21(7,18(25)26)20(15,5)6/h13,15H,8-12H2,1-7H3,(H,25,26)/t15-,21+/m0/s1. The van der Waals surface area contributed by atoms with Crippen molar-refractivity contribution in [2.75, 3.05) is 0 Å². The molecule has 5 nitrogen and oxygen atoms in total. The number of aliphatic carboxylic acids is 1. The van der Waals surface area contributed by atoms with Gasteiger partial charge in [-0.05, 0) is 70.3 Å². The third-order valence-corrected chi connectivity index (χ3v) is 7.78. The highest BCUT2D eigenvalue weighted by molar-refractivity contribution is 7.04. The minimum absolute atomic E-state index is 0.0586. The van der Waals surface area contributed by atoms with Crippen molar-refractivity contribution < 1.29 is 14.7 Å². The molecule has 2 atom stereocenters. The molecule has 1 amide bonds. The number of unbranched alkanes of at least 4 members (excludes halogenated alkanes) is 1. The molecule has 2 rings (SSSR count). The van der Waals surface area contributed by atoms with Crippen molar-refractivity contribution in [3.8, 4) is 0 Å². The van der Waals surface area contributed by atoms with Crippen LogP contribution >= 0.6 is 11.5 Å². The SMILES string of the molecule is CCCCc1cn(C(C)(C)C)sc1=NC(=O)[C@@H]1CC[C@](C)(C(=O)O)C1(C)C. The summed E-state index contributed by atoms with van der Waals surface area (Å²) < 4.78 is 2.94. The lowest BCUT2D eigenvalue weighted by Gasteiger charge is -2.37. The molecule has 1 fully saturated rings. The van der Waals surface area contributed by atoms with Gasteiger partial charge in [-0.25, -0.2) is 4.99 Å². The molecule has 1 heterocycles. The highest BCUT2D eigenvalue weighted by atomic mass is 32.1. The molecular formula is C21H34N2O3S. The molecule has 27 heavy (non-hydrogen) atoms. The number of aryl methyl sites for hydroxylation is 1. The van der Waals surface area contributed by atoms with E-state index in [9.17, 15) is 14.7 Å². The van der Waals surface area contributed by atoms with E-state index in [1.54, 1.807) is 6.92 Å². The van der Waals surface area contributed by atoms with Gasteiger partial charge < -0.3 is 5.11 Å². The van der Waals surface area contributed by atoms with Crippen molar-refractivity contribution in [3.63, 3.8) is 0 Å². The van der Waals surface area contributed by atoms with Gasteiger partial charge in [0.15, 0.2) is 0 Å². The number of carboxylic acids is 1. The first kappa shape index (κ1) is 21.9. The molecule has 0 radical (unpaired) electrons. The van der Waals surface area contributed by atoms with Gasteiger partial charge >= 0.3 is 5.97 Å². The van der Waals surface area contributed by atoms with Gasteiger partial charge in [-0.3, -0.25) is 13.5 Å². The van der Waals surface area contributed by atoms with Crippen LogP contribution in [0.1, 0.15) is 79.7 Å². The zero-order valence-electron chi connectivity index (χ0n) is 17.8. The van der Waals surface area contributed by atoms with Gasteiger partial charge in [0.1, 0.15) is 4.67 Å². The van der Waals surface area contributed by atoms with Gasteiger partial charge in [0.05, 0.1) is 5.41 Å². The Labute approximate surface area is 166 Å². The number of carboxylic acid groups (broad SMARTS) is 1. The van der Waals surface area contributed by atoms with Crippen LogP contribution in [0.4, 0.5) is 0 Å². The largest absolute Gasteiger partial charge is 0.481 e. The van der Waals surface area contributed by atoms with E-state index in [-0.39, 0.29) is 17.4 Å². The second kappa shape index (κ2) is 7.53. The normalized spacial score (nSPS) is 25.7. The summed E-state index contributed by atoms with van der Waals surface area (Å²) >= 11 is 1.52. The van der Waals surface area contributed by atoms with E-state index in [4.69, 9.17) is 0 Å². The first-order valence-electron chi connectivity index (χ1n) is 9.89. The molecule has 0 aliphatic heterocycles. The summed E-state index contributed by atoms with van der Waals surface area (Å²) in [6.45, 7) is 14.1. The first-order valence-corrected chi connectivity index (χ1v) is 10.7. The number of carbonyl (C=O) groups excluding carboxylic acids is 1. The molecule has 1 aromatic rings. The molecular weight excluding hydrogens is 360 g/mol. The van der Waals surface area contributed by atoms with Crippen LogP contribution in [-0.2, 0) is 21.5 Å². The maximum Gasteiger partial charge on any atom is 0.309 e. The van der Waals surface area contributed by atoms with Crippen LogP contribution in [0.5, 0.6) is 0 Å². The van der Waals surface area contributed by atoms with Gasteiger partial charge in [-0.15, -0.1) is 0 Å². The average Bonchev–Trinajstić information content (AvgIpc) is 3.05. The Balaban J connectivity index is 2.42. The fraction of sp³-hybridized carbons (Fsp3) is 0.762. The van der Waals surface area contributed by atoms with E-state index < -0.39 is 16.8 Å². The summed E-state index contributed by atoms with van der Waals surface area (Å²) in [4.78, 5) is 29.4. The summed E-state index contributed by atoms with van der Waals surface area (Å²) in [6, 6.07) is 0. The topological polar surface area (TPSA) is 71.7 Å². The summed E-state index contributed by atoms with van der Waals surface area (Å²) in [5, 5.41) is 9.69. The number of aromatic nitrogens is 1. The molecule has 1 saturated carbocycles. The lowest BCUT2D eigenvalue weighted by atomic mass is 9.65. The zero-order chi connectivity index (χ0) is 20.6. The average molecular weight is 395 g/mol. The second-order valence-corrected chi connectivity index (χ2v) is 10.5. The third-order valence-electron chi connectivity index (χ3n) is 6.40. The first-order chi connectivity index (χ1) is 12.3. The van der Waals surface area contributed by atoms with Crippen LogP contribution in [0.25, 0.3) is 0 Å². The Kier molecular flexibility index (Phi) is 6.10. The summed E-state index contributed by atoms with van der Waals surface area (Å²) in [6.07, 6.45) is 6.26. The Bertz CT molecular complexity index is 782. The molecule has 0 saturated heterocycles. The van der Waals surface area contributed by atoms with Crippen molar-refractivity contribution in [2.24, 2.45) is 21.7 Å². The summed E-state index contributed by atoms with van der Waals surface area (Å²) in [5.41, 5.74) is -0.465. The Morgan fingerprint density at radius 1 is 1.33 bits per heavy atom. The van der Waals surface area contributed by atoms with Crippen LogP contribution in [0, 0.1) is 16.7 Å². The zero-order valence-corrected chi connectivity index (χ0v) is 18.6. The van der Waals surface area contributed by atoms with Gasteiger partial charge in [0, 0.05) is 23.2 Å². The molecule has 0 bridgehead atoms. The van der Waals surface area contributed by atoms with Gasteiger partial charge in [0.25, 0.3) is 5.91 Å². The molecule has 1 N–H and O–H groups in total. The van der Waals surface area contributed by atoms with Crippen LogP contribution < -0.4 is 4.67 Å². The lowest BCUT2D eigenvalue weighted by molar-refractivity contribution is -0.155. The van der Waals surface area contributed by atoms with Crippen LogP contribution in [0.3, 0.4) is 0 Å². The molecule has 1 aromatic heterocycles. The third kappa shape index (κ3) is 4.05. The minimum atomic E-state index is -0.894. The van der Waals surface area contributed by atoms with Crippen molar-refractivity contribution >= 4 is 23.4 Å². The predicted molar refractivity (Wildman–Crippen MR) is 109 cm³/mol. The fourth-order valence-corrected chi connectivity index (χ4v) is 4.87. The minimum Gasteiger partial charge on any atom is -0.481 e. The van der Waals surface area contributed by atoms with E-state index >= 15 is 0 Å². The van der Waals surface area contributed by atoms with E-state index in [0.29, 0.717) is 12.8 Å². The van der Waals surface area contributed by atoms with Gasteiger partial charge in [-0.2, -0.15) is 0 Å². The molecule has 6 heteroatoms. The Morgan fingerprint density at radius 2 is 1.96 bits per heavy atom. The number of rotatable bonds is 5. The second-order valence-electron chi connectivity index (χ2n) is 9.55. The Hall–Kier alpha value is -1.43. The highest BCUT2D eigenvalue weighted by Crippen LogP contribution is 2.56. The van der Waals surface area contributed by atoms with E-state index in [2.05, 4.69) is 42.8 Å². The molecule has 1 aliphatic rings. The van der Waals surface area contributed by atoms with Crippen molar-refractivity contribution in [1.82, 2.24) is 3.96 Å². The van der Waals surface area contributed by atoms with Gasteiger partial charge in [-0.1, -0.05) is 27.2 Å². The van der Waals surface area contributed by atoms with E-state index in [0.717, 1.165) is 29.5 Å².